The van der Waals surface area contributed by atoms with E-state index in [0.29, 0.717) is 18.0 Å². The number of rotatable bonds is 7. The number of nitrogens with one attached hydrogen (secondary N) is 1. The standard InChI is InChI=1S/C18H24N6O3/c1-13-2-3-15(25)14(10-13)12-20-23-17-11-16(19)21-18(22-17)27-9-6-24-4-7-26-8-5-24/h2-3,10-12,25H,4-9H2,1H3,(H3,19,21,22,23)/b20-12+. The zero-order valence-corrected chi connectivity index (χ0v) is 15.3. The third kappa shape index (κ3) is 5.80. The lowest BCUT2D eigenvalue weighted by atomic mass is 10.1. The van der Waals surface area contributed by atoms with Crippen molar-refractivity contribution in [3.8, 4) is 11.8 Å². The van der Waals surface area contributed by atoms with Crippen LogP contribution in [0, 0.1) is 6.92 Å². The van der Waals surface area contributed by atoms with Gasteiger partial charge in [0.15, 0.2) is 5.82 Å². The molecule has 0 spiro atoms. The SMILES string of the molecule is Cc1ccc(O)c(/C=N/Nc2cc(N)nc(OCCN3CCOCC3)n2)c1. The predicted octanol–water partition coefficient (Wildman–Crippen LogP) is 1.23. The molecule has 27 heavy (non-hydrogen) atoms. The second-order valence-electron chi connectivity index (χ2n) is 6.20. The van der Waals surface area contributed by atoms with Crippen LogP contribution in [0.2, 0.25) is 0 Å². The minimum atomic E-state index is 0.153. The molecule has 9 heteroatoms. The molecule has 0 atom stereocenters. The van der Waals surface area contributed by atoms with Gasteiger partial charge in [0.1, 0.15) is 18.2 Å². The molecule has 0 amide bonds. The third-order valence-electron chi connectivity index (χ3n) is 4.03. The molecule has 1 aliphatic heterocycles. The number of morpholine rings is 1. The van der Waals surface area contributed by atoms with Gasteiger partial charge in [-0.25, -0.2) is 0 Å². The first-order valence-corrected chi connectivity index (χ1v) is 8.76. The molecule has 3 rings (SSSR count). The van der Waals surface area contributed by atoms with Crippen LogP contribution in [-0.4, -0.2) is 65.6 Å². The maximum absolute atomic E-state index is 9.83. The maximum Gasteiger partial charge on any atom is 0.320 e. The monoisotopic (exact) mass is 372 g/mol. The molecule has 1 saturated heterocycles. The number of ether oxygens (including phenoxy) is 2. The lowest BCUT2D eigenvalue weighted by Gasteiger charge is -2.26. The Morgan fingerprint density at radius 3 is 2.96 bits per heavy atom. The number of aromatic hydroxyl groups is 1. The van der Waals surface area contributed by atoms with E-state index in [1.165, 1.54) is 6.21 Å². The first-order chi connectivity index (χ1) is 13.1. The van der Waals surface area contributed by atoms with E-state index >= 15 is 0 Å². The van der Waals surface area contributed by atoms with Gasteiger partial charge in [-0.1, -0.05) is 11.6 Å². The van der Waals surface area contributed by atoms with Gasteiger partial charge in [-0.15, -0.1) is 0 Å². The molecular weight excluding hydrogens is 348 g/mol. The molecular formula is C18H24N6O3. The molecule has 1 aromatic heterocycles. The van der Waals surface area contributed by atoms with Gasteiger partial charge in [-0.2, -0.15) is 15.1 Å². The lowest BCUT2D eigenvalue weighted by molar-refractivity contribution is 0.0317. The predicted molar refractivity (Wildman–Crippen MR) is 103 cm³/mol. The summed E-state index contributed by atoms with van der Waals surface area (Å²) in [5, 5.41) is 13.9. The number of phenolic OH excluding ortho intramolecular Hbond substituents is 1. The van der Waals surface area contributed by atoms with Crippen LogP contribution in [0.25, 0.3) is 0 Å². The van der Waals surface area contributed by atoms with Gasteiger partial charge in [0.2, 0.25) is 0 Å². The van der Waals surface area contributed by atoms with Crippen molar-refractivity contribution in [1.29, 1.82) is 0 Å². The highest BCUT2D eigenvalue weighted by Crippen LogP contribution is 2.17. The number of hydrazone groups is 1. The van der Waals surface area contributed by atoms with Crippen LogP contribution >= 0.6 is 0 Å². The minimum absolute atomic E-state index is 0.153. The Morgan fingerprint density at radius 2 is 2.15 bits per heavy atom. The van der Waals surface area contributed by atoms with Crippen molar-refractivity contribution in [1.82, 2.24) is 14.9 Å². The third-order valence-corrected chi connectivity index (χ3v) is 4.03. The Morgan fingerprint density at radius 1 is 1.33 bits per heavy atom. The number of aryl methyl sites for hydroxylation is 1. The number of aromatic nitrogens is 2. The Balaban J connectivity index is 1.56. The largest absolute Gasteiger partial charge is 0.507 e. The van der Waals surface area contributed by atoms with Crippen molar-refractivity contribution in [3.05, 3.63) is 35.4 Å². The first-order valence-electron chi connectivity index (χ1n) is 8.76. The lowest BCUT2D eigenvalue weighted by Crippen LogP contribution is -2.38. The molecule has 2 aromatic rings. The summed E-state index contributed by atoms with van der Waals surface area (Å²) in [7, 11) is 0. The Labute approximate surface area is 157 Å². The van der Waals surface area contributed by atoms with Gasteiger partial charge in [0, 0.05) is 31.3 Å². The van der Waals surface area contributed by atoms with Crippen molar-refractivity contribution in [3.63, 3.8) is 0 Å². The van der Waals surface area contributed by atoms with Gasteiger partial charge in [0.25, 0.3) is 0 Å². The second kappa shape index (κ2) is 9.15. The molecule has 4 N–H and O–H groups in total. The van der Waals surface area contributed by atoms with Crippen LogP contribution in [0.15, 0.2) is 29.4 Å². The van der Waals surface area contributed by atoms with Gasteiger partial charge in [0.05, 0.1) is 19.4 Å². The van der Waals surface area contributed by atoms with Crippen molar-refractivity contribution < 1.29 is 14.6 Å². The minimum Gasteiger partial charge on any atom is -0.507 e. The highest BCUT2D eigenvalue weighted by molar-refractivity contribution is 5.84. The van der Waals surface area contributed by atoms with E-state index < -0.39 is 0 Å². The topological polar surface area (TPSA) is 118 Å². The molecule has 0 saturated carbocycles. The number of nitrogens with two attached hydrogens (primary N) is 1. The summed E-state index contributed by atoms with van der Waals surface area (Å²) < 4.78 is 10.9. The highest BCUT2D eigenvalue weighted by atomic mass is 16.5. The fraction of sp³-hybridized carbons (Fsp3) is 0.389. The van der Waals surface area contributed by atoms with Crippen LogP contribution in [0.3, 0.4) is 0 Å². The van der Waals surface area contributed by atoms with Gasteiger partial charge >= 0.3 is 6.01 Å². The van der Waals surface area contributed by atoms with Crippen molar-refractivity contribution in [2.45, 2.75) is 6.92 Å². The van der Waals surface area contributed by atoms with Gasteiger partial charge in [-0.05, 0) is 19.1 Å². The number of hydrogen-bond acceptors (Lipinski definition) is 9. The summed E-state index contributed by atoms with van der Waals surface area (Å²) >= 11 is 0. The molecule has 0 radical (unpaired) electrons. The van der Waals surface area contributed by atoms with E-state index in [4.69, 9.17) is 15.2 Å². The van der Waals surface area contributed by atoms with Crippen molar-refractivity contribution >= 4 is 17.9 Å². The number of phenols is 1. The number of anilines is 2. The molecule has 1 aromatic carbocycles. The summed E-state index contributed by atoms with van der Waals surface area (Å²) in [6, 6.07) is 7.03. The van der Waals surface area contributed by atoms with Crippen molar-refractivity contribution in [2.24, 2.45) is 5.10 Å². The smallest absolute Gasteiger partial charge is 0.320 e. The Bertz CT molecular complexity index is 793. The summed E-state index contributed by atoms with van der Waals surface area (Å²) in [4.78, 5) is 10.6. The van der Waals surface area contributed by atoms with Crippen LogP contribution in [0.4, 0.5) is 11.6 Å². The second-order valence-corrected chi connectivity index (χ2v) is 6.20. The molecule has 1 aliphatic rings. The average molecular weight is 372 g/mol. The molecule has 2 heterocycles. The molecule has 1 fully saturated rings. The molecule has 144 valence electrons. The van der Waals surface area contributed by atoms with Gasteiger partial charge < -0.3 is 20.3 Å². The van der Waals surface area contributed by atoms with Crippen LogP contribution in [0.1, 0.15) is 11.1 Å². The van der Waals surface area contributed by atoms with E-state index in [2.05, 4.69) is 25.4 Å². The fourth-order valence-electron chi connectivity index (χ4n) is 2.60. The summed E-state index contributed by atoms with van der Waals surface area (Å²) in [6.07, 6.45) is 1.51. The number of nitrogen functional groups attached to an aromatic ring is 1. The quantitative estimate of drug-likeness (QED) is 0.491. The van der Waals surface area contributed by atoms with Crippen LogP contribution < -0.4 is 15.9 Å². The summed E-state index contributed by atoms with van der Waals surface area (Å²) in [6.45, 7) is 6.46. The fourth-order valence-corrected chi connectivity index (χ4v) is 2.60. The van der Waals surface area contributed by atoms with E-state index in [-0.39, 0.29) is 17.6 Å². The Hall–Kier alpha value is -2.91. The zero-order chi connectivity index (χ0) is 19.1. The Kier molecular flexibility index (Phi) is 6.39. The average Bonchev–Trinajstić information content (AvgIpc) is 2.65. The molecule has 0 bridgehead atoms. The van der Waals surface area contributed by atoms with E-state index in [9.17, 15) is 5.11 Å². The zero-order valence-electron chi connectivity index (χ0n) is 15.3. The number of nitrogens with zero attached hydrogens (tertiary/aromatic N) is 4. The first kappa shape index (κ1) is 18.9. The van der Waals surface area contributed by atoms with E-state index in [0.717, 1.165) is 38.4 Å². The number of hydrogen-bond donors (Lipinski definition) is 3. The summed E-state index contributed by atoms with van der Waals surface area (Å²) in [5.74, 6) is 0.843. The van der Waals surface area contributed by atoms with E-state index in [1.54, 1.807) is 12.1 Å². The normalized spacial score (nSPS) is 15.1. The van der Waals surface area contributed by atoms with Crippen LogP contribution in [-0.2, 0) is 4.74 Å². The highest BCUT2D eigenvalue weighted by Gasteiger charge is 2.10. The summed E-state index contributed by atoms with van der Waals surface area (Å²) in [5.41, 5.74) is 10.2. The van der Waals surface area contributed by atoms with Gasteiger partial charge in [-0.3, -0.25) is 10.3 Å². The van der Waals surface area contributed by atoms with Crippen molar-refractivity contribution in [2.75, 3.05) is 50.6 Å². The molecule has 0 aliphatic carbocycles. The maximum atomic E-state index is 9.83. The van der Waals surface area contributed by atoms with E-state index in [1.807, 2.05) is 19.1 Å². The van der Waals surface area contributed by atoms with Crippen LogP contribution in [0.5, 0.6) is 11.8 Å². The molecule has 0 unspecified atom stereocenters. The number of benzene rings is 1. The molecule has 9 nitrogen and oxygen atoms in total.